The summed E-state index contributed by atoms with van der Waals surface area (Å²) in [5, 5.41) is 0. The normalized spacial score (nSPS) is 14.7. The van der Waals surface area contributed by atoms with Gasteiger partial charge in [0.05, 0.1) is 5.70 Å². The molecule has 3 heteroatoms. The second-order valence-electron chi connectivity index (χ2n) is 4.90. The van der Waals surface area contributed by atoms with Crippen molar-refractivity contribution in [3.8, 4) is 0 Å². The third-order valence-corrected chi connectivity index (χ3v) is 4.18. The molecule has 0 bridgehead atoms. The lowest BCUT2D eigenvalue weighted by Crippen LogP contribution is -1.98. The summed E-state index contributed by atoms with van der Waals surface area (Å²) in [5.41, 5.74) is 1.10. The Hall–Kier alpha value is -0.960. The maximum absolute atomic E-state index is 11.5. The minimum Gasteiger partial charge on any atom is -0.294 e. The van der Waals surface area contributed by atoms with Crippen molar-refractivity contribution in [3.63, 3.8) is 0 Å². The number of ketones is 1. The van der Waals surface area contributed by atoms with Crippen LogP contribution in [0.3, 0.4) is 0 Å². The zero-order valence-corrected chi connectivity index (χ0v) is 14.7. The molecule has 0 heterocycles. The molecule has 0 rings (SSSR count). The van der Waals surface area contributed by atoms with Gasteiger partial charge in [0.2, 0.25) is 0 Å². The fourth-order valence-corrected chi connectivity index (χ4v) is 1.83. The molecule has 112 valence electrons. The molecule has 0 spiro atoms. The second-order valence-corrected chi connectivity index (χ2v) is 5.82. The Labute approximate surface area is 131 Å². The molecule has 0 radical (unpaired) electrons. The Kier molecular flexibility index (Phi) is 10.3. The summed E-state index contributed by atoms with van der Waals surface area (Å²) in [5.74, 6) is 0.416. The van der Waals surface area contributed by atoms with Gasteiger partial charge in [-0.1, -0.05) is 49.7 Å². The molecular formula is C17H26BrNO. The van der Waals surface area contributed by atoms with Gasteiger partial charge in [0.1, 0.15) is 0 Å². The number of nitrogens with zero attached hydrogens (tertiary/aromatic N) is 1. The van der Waals surface area contributed by atoms with Crippen LogP contribution in [0.25, 0.3) is 0 Å². The van der Waals surface area contributed by atoms with Crippen LogP contribution in [0, 0.1) is 5.92 Å². The van der Waals surface area contributed by atoms with Gasteiger partial charge in [-0.25, -0.2) is 0 Å². The second kappa shape index (κ2) is 10.8. The fraction of sp³-hybridized carbons (Fsp3) is 0.529. The van der Waals surface area contributed by atoms with Crippen LogP contribution in [-0.4, -0.2) is 12.0 Å². The summed E-state index contributed by atoms with van der Waals surface area (Å²) in [7, 11) is 0. The Morgan fingerprint density at radius 2 is 2.00 bits per heavy atom. The SMILES string of the molecule is C=C(C(C)=O)/C(=C\C=C(\Br)C(C)CC)N=CCCCC. The molecule has 0 aromatic heterocycles. The molecule has 1 unspecified atom stereocenters. The standard InChI is InChI=1S/C17H26BrNO/c1-6-8-9-12-19-17(14(4)15(5)20)11-10-16(18)13(3)7-2/h10-13H,4,6-9H2,1-3,5H3/b16-10+,17-11+,19-12?. The third-order valence-electron chi connectivity index (χ3n) is 3.13. The molecule has 0 aliphatic heterocycles. The van der Waals surface area contributed by atoms with Gasteiger partial charge in [0, 0.05) is 11.8 Å². The molecule has 0 aliphatic carbocycles. The number of unbranched alkanes of at least 4 members (excludes halogenated alkanes) is 2. The number of Topliss-reactive ketones (excluding diaryl/α,β-unsaturated/α-hetero) is 1. The van der Waals surface area contributed by atoms with Gasteiger partial charge >= 0.3 is 0 Å². The quantitative estimate of drug-likeness (QED) is 0.232. The Morgan fingerprint density at radius 3 is 2.50 bits per heavy atom. The summed E-state index contributed by atoms with van der Waals surface area (Å²) in [6.45, 7) is 11.8. The van der Waals surface area contributed by atoms with Crippen LogP contribution in [-0.2, 0) is 4.79 Å². The van der Waals surface area contributed by atoms with E-state index in [-0.39, 0.29) is 5.78 Å². The first-order chi connectivity index (χ1) is 9.43. The summed E-state index contributed by atoms with van der Waals surface area (Å²) in [6, 6.07) is 0. The summed E-state index contributed by atoms with van der Waals surface area (Å²) in [6.07, 6.45) is 9.93. The summed E-state index contributed by atoms with van der Waals surface area (Å²) in [4.78, 5) is 15.9. The molecule has 0 fully saturated rings. The Bertz CT molecular complexity index is 419. The van der Waals surface area contributed by atoms with Crippen LogP contribution in [0.4, 0.5) is 0 Å². The third kappa shape index (κ3) is 7.59. The highest BCUT2D eigenvalue weighted by Gasteiger charge is 2.06. The van der Waals surface area contributed by atoms with Gasteiger partial charge in [0.25, 0.3) is 0 Å². The van der Waals surface area contributed by atoms with Gasteiger partial charge in [-0.15, -0.1) is 0 Å². The van der Waals surface area contributed by atoms with E-state index in [1.54, 1.807) is 0 Å². The first-order valence-electron chi connectivity index (χ1n) is 7.24. The number of halogens is 1. The van der Waals surface area contributed by atoms with E-state index in [4.69, 9.17) is 0 Å². The van der Waals surface area contributed by atoms with E-state index in [9.17, 15) is 4.79 Å². The summed E-state index contributed by atoms with van der Waals surface area (Å²) >= 11 is 3.56. The van der Waals surface area contributed by atoms with Crippen LogP contribution in [0.5, 0.6) is 0 Å². The number of carbonyl (C=O) groups excluding carboxylic acids is 1. The first kappa shape index (κ1) is 19.0. The van der Waals surface area contributed by atoms with Gasteiger partial charge in [-0.2, -0.15) is 0 Å². The van der Waals surface area contributed by atoms with Gasteiger partial charge in [-0.3, -0.25) is 9.79 Å². The smallest absolute Gasteiger partial charge is 0.161 e. The van der Waals surface area contributed by atoms with E-state index in [1.165, 1.54) is 6.92 Å². The molecule has 2 nitrogen and oxygen atoms in total. The van der Waals surface area contributed by atoms with E-state index in [0.29, 0.717) is 17.2 Å². The van der Waals surface area contributed by atoms with Gasteiger partial charge in [0.15, 0.2) is 5.78 Å². The van der Waals surface area contributed by atoms with Crippen LogP contribution in [0.15, 0.2) is 39.5 Å². The lowest BCUT2D eigenvalue weighted by molar-refractivity contribution is -0.113. The molecule has 0 saturated carbocycles. The predicted molar refractivity (Wildman–Crippen MR) is 92.4 cm³/mol. The molecule has 20 heavy (non-hydrogen) atoms. The maximum atomic E-state index is 11.5. The topological polar surface area (TPSA) is 29.4 Å². The molecule has 1 atom stereocenters. The van der Waals surface area contributed by atoms with Gasteiger partial charge < -0.3 is 0 Å². The van der Waals surface area contributed by atoms with Crippen molar-refractivity contribution in [1.29, 1.82) is 0 Å². The largest absolute Gasteiger partial charge is 0.294 e. The lowest BCUT2D eigenvalue weighted by Gasteiger charge is -2.06. The molecule has 0 aromatic rings. The Balaban J connectivity index is 5.07. The van der Waals surface area contributed by atoms with E-state index >= 15 is 0 Å². The highest BCUT2D eigenvalue weighted by Crippen LogP contribution is 2.21. The molecule has 0 aliphatic rings. The number of rotatable bonds is 9. The maximum Gasteiger partial charge on any atom is 0.161 e. The molecule has 0 amide bonds. The number of hydrogen-bond acceptors (Lipinski definition) is 2. The van der Waals surface area contributed by atoms with E-state index < -0.39 is 0 Å². The highest BCUT2D eigenvalue weighted by atomic mass is 79.9. The first-order valence-corrected chi connectivity index (χ1v) is 8.03. The zero-order valence-electron chi connectivity index (χ0n) is 13.1. The van der Waals surface area contributed by atoms with Crippen molar-refractivity contribution in [2.24, 2.45) is 10.9 Å². The van der Waals surface area contributed by atoms with Crippen LogP contribution in [0.1, 0.15) is 53.4 Å². The van der Waals surface area contributed by atoms with E-state index in [1.807, 2.05) is 18.4 Å². The highest BCUT2D eigenvalue weighted by molar-refractivity contribution is 9.11. The Morgan fingerprint density at radius 1 is 1.35 bits per heavy atom. The average Bonchev–Trinajstić information content (AvgIpc) is 2.44. The van der Waals surface area contributed by atoms with Crippen LogP contribution >= 0.6 is 15.9 Å². The van der Waals surface area contributed by atoms with E-state index in [0.717, 1.165) is 30.2 Å². The average molecular weight is 340 g/mol. The van der Waals surface area contributed by atoms with Crippen LogP contribution in [0.2, 0.25) is 0 Å². The lowest BCUT2D eigenvalue weighted by atomic mass is 10.1. The van der Waals surface area contributed by atoms with Gasteiger partial charge in [-0.05, 0) is 48.7 Å². The van der Waals surface area contributed by atoms with Crippen LogP contribution < -0.4 is 0 Å². The van der Waals surface area contributed by atoms with Crippen molar-refractivity contribution < 1.29 is 4.79 Å². The van der Waals surface area contributed by atoms with Crippen molar-refractivity contribution in [2.75, 3.05) is 0 Å². The zero-order chi connectivity index (χ0) is 15.5. The van der Waals surface area contributed by atoms with Crippen molar-refractivity contribution in [2.45, 2.75) is 53.4 Å². The van der Waals surface area contributed by atoms with Crippen molar-refractivity contribution in [1.82, 2.24) is 0 Å². The van der Waals surface area contributed by atoms with E-state index in [2.05, 4.69) is 48.3 Å². The fourth-order valence-electron chi connectivity index (χ4n) is 1.38. The molecule has 0 N–H and O–H groups in total. The predicted octanol–water partition coefficient (Wildman–Crippen LogP) is 5.60. The number of aliphatic imine (C=N–C) groups is 1. The number of allylic oxidation sites excluding steroid dienone is 4. The molecular weight excluding hydrogens is 314 g/mol. The number of carbonyl (C=O) groups is 1. The summed E-state index contributed by atoms with van der Waals surface area (Å²) < 4.78 is 1.11. The van der Waals surface area contributed by atoms with Crippen molar-refractivity contribution >= 4 is 27.9 Å². The monoisotopic (exact) mass is 339 g/mol. The van der Waals surface area contributed by atoms with Crippen molar-refractivity contribution in [3.05, 3.63) is 34.5 Å². The molecule has 0 aromatic carbocycles. The minimum atomic E-state index is -0.0445. The minimum absolute atomic E-state index is 0.0445. The molecule has 0 saturated heterocycles. The number of hydrogen-bond donors (Lipinski definition) is 0.